The fourth-order valence-electron chi connectivity index (χ4n) is 5.86. The van der Waals surface area contributed by atoms with Gasteiger partial charge in [0.05, 0.1) is 32.4 Å². The lowest BCUT2D eigenvalue weighted by Crippen LogP contribution is -2.43. The Balaban J connectivity index is 1.31. The molecule has 0 aromatic heterocycles. The fourth-order valence-corrected chi connectivity index (χ4v) is 5.86. The van der Waals surface area contributed by atoms with Crippen LogP contribution < -0.4 is 16.0 Å². The average molecular weight is 736 g/mol. The molecular weight excluding hydrogens is 682 g/mol. The first-order valence-electron chi connectivity index (χ1n) is 18.5. The zero-order valence-electron chi connectivity index (χ0n) is 31.0. The Morgan fingerprint density at radius 2 is 1.23 bits per heavy atom. The van der Waals surface area contributed by atoms with Gasteiger partial charge in [-0.25, -0.2) is 14.4 Å². The van der Waals surface area contributed by atoms with Gasteiger partial charge >= 0.3 is 18.3 Å². The predicted octanol–water partition coefficient (Wildman–Crippen LogP) is 6.01. The van der Waals surface area contributed by atoms with Gasteiger partial charge in [0.2, 0.25) is 11.8 Å². The van der Waals surface area contributed by atoms with E-state index in [1.54, 1.807) is 24.3 Å². The molecule has 5 amide bonds. The highest BCUT2D eigenvalue weighted by Crippen LogP contribution is 2.25. The summed E-state index contributed by atoms with van der Waals surface area (Å²) < 4.78 is 16.2. The number of nitrogens with one attached hydrogen (secondary N) is 3. The Hall–Kier alpha value is -5.11. The van der Waals surface area contributed by atoms with Crippen LogP contribution in [0, 0.1) is 0 Å². The van der Waals surface area contributed by atoms with Gasteiger partial charge in [0.1, 0.15) is 18.2 Å². The molecule has 288 valence electrons. The number of anilines is 2. The van der Waals surface area contributed by atoms with E-state index < -0.39 is 54.4 Å². The fraction of sp³-hybridized carbons (Fsp3) is 0.513. The largest absolute Gasteiger partial charge is 0.449 e. The topological polar surface area (TPSA) is 176 Å². The Morgan fingerprint density at radius 3 is 1.70 bits per heavy atom. The van der Waals surface area contributed by atoms with E-state index >= 15 is 0 Å². The Kier molecular flexibility index (Phi) is 15.5. The molecule has 14 nitrogen and oxygen atoms in total. The SMILES string of the molecule is CCCCOC(=O)N1C[C@H](O)C[C@H]1C(=O)Nc1ccc(/C=C/c2ccc(NC(=O)[C@@H]3C[C@@H](OC(=O)NC(C)CC)CN3C(=O)OCCCC)cc2)cc1. The second kappa shape index (κ2) is 20.2. The van der Waals surface area contributed by atoms with Crippen molar-refractivity contribution in [2.75, 3.05) is 36.9 Å². The quantitative estimate of drug-likeness (QED) is 0.0970. The van der Waals surface area contributed by atoms with Gasteiger partial charge in [-0.2, -0.15) is 0 Å². The van der Waals surface area contributed by atoms with Crippen LogP contribution in [0.5, 0.6) is 0 Å². The maximum absolute atomic E-state index is 13.4. The number of aliphatic hydroxyl groups excluding tert-OH is 1. The highest BCUT2D eigenvalue weighted by molar-refractivity contribution is 5.98. The third-order valence-electron chi connectivity index (χ3n) is 9.14. The minimum Gasteiger partial charge on any atom is -0.449 e. The molecule has 0 saturated carbocycles. The molecule has 5 atom stereocenters. The summed E-state index contributed by atoms with van der Waals surface area (Å²) in [4.78, 5) is 66.7. The summed E-state index contributed by atoms with van der Waals surface area (Å²) in [7, 11) is 0. The zero-order valence-corrected chi connectivity index (χ0v) is 31.0. The number of carbonyl (C=O) groups is 5. The van der Waals surface area contributed by atoms with E-state index in [1.807, 2.05) is 64.1 Å². The molecule has 53 heavy (non-hydrogen) atoms. The second-order valence-electron chi connectivity index (χ2n) is 13.4. The van der Waals surface area contributed by atoms with Crippen molar-refractivity contribution >= 4 is 53.6 Å². The number of nitrogens with zero attached hydrogens (tertiary/aromatic N) is 2. The minimum absolute atomic E-state index is 0.0464. The van der Waals surface area contributed by atoms with Crippen molar-refractivity contribution in [1.82, 2.24) is 15.1 Å². The standard InChI is InChI=1S/C39H53N5O9/c1-5-8-20-51-38(49)43-24-31(45)22-33(43)35(46)41-29-16-12-27(13-17-29)10-11-28-14-18-30(19-15-28)42-36(47)34-23-32(53-37(48)40-26(4)7-3)25-44(34)39(50)52-21-9-6-2/h10-19,26,31-34,45H,5-9,20-25H2,1-4H3,(H,40,48)(H,41,46)(H,42,47)/b11-10+/t26?,31-,32-,33+,34+/m1/s1. The van der Waals surface area contributed by atoms with Crippen LogP contribution in [0.2, 0.25) is 0 Å². The summed E-state index contributed by atoms with van der Waals surface area (Å²) in [5.41, 5.74) is 2.83. The van der Waals surface area contributed by atoms with Crippen LogP contribution in [0.1, 0.15) is 83.8 Å². The van der Waals surface area contributed by atoms with Crippen LogP contribution >= 0.6 is 0 Å². The molecule has 2 aliphatic heterocycles. The van der Waals surface area contributed by atoms with Gasteiger partial charge < -0.3 is 35.3 Å². The van der Waals surface area contributed by atoms with E-state index in [0.29, 0.717) is 17.8 Å². The van der Waals surface area contributed by atoms with Gasteiger partial charge in [-0.15, -0.1) is 0 Å². The lowest BCUT2D eigenvalue weighted by molar-refractivity contribution is -0.120. The number of likely N-dealkylation sites (tertiary alicyclic amines) is 2. The average Bonchev–Trinajstić information content (AvgIpc) is 3.75. The molecule has 2 heterocycles. The smallest absolute Gasteiger partial charge is 0.410 e. The number of unbranched alkanes of at least 4 members (excludes halogenated alkanes) is 2. The molecule has 0 spiro atoms. The van der Waals surface area contributed by atoms with E-state index in [2.05, 4.69) is 16.0 Å². The van der Waals surface area contributed by atoms with Crippen LogP contribution in [-0.4, -0.2) is 102 Å². The number of aliphatic hydroxyl groups is 1. The van der Waals surface area contributed by atoms with Crippen LogP contribution in [0.25, 0.3) is 12.2 Å². The first-order valence-corrected chi connectivity index (χ1v) is 18.5. The number of amides is 5. The molecular formula is C39H53N5O9. The van der Waals surface area contributed by atoms with Gasteiger partial charge in [-0.3, -0.25) is 19.4 Å². The molecule has 2 saturated heterocycles. The molecule has 0 aliphatic carbocycles. The monoisotopic (exact) mass is 735 g/mol. The molecule has 4 rings (SSSR count). The summed E-state index contributed by atoms with van der Waals surface area (Å²) in [6.07, 6.45) is 4.69. The van der Waals surface area contributed by atoms with Crippen LogP contribution in [0.4, 0.5) is 25.8 Å². The van der Waals surface area contributed by atoms with E-state index in [1.165, 1.54) is 9.80 Å². The zero-order chi connectivity index (χ0) is 38.3. The molecule has 4 N–H and O–H groups in total. The maximum Gasteiger partial charge on any atom is 0.410 e. The minimum atomic E-state index is -0.881. The van der Waals surface area contributed by atoms with Crippen LogP contribution in [-0.2, 0) is 23.8 Å². The van der Waals surface area contributed by atoms with Crippen molar-refractivity contribution in [1.29, 1.82) is 0 Å². The third kappa shape index (κ3) is 12.2. The van der Waals surface area contributed by atoms with E-state index in [0.717, 1.165) is 36.8 Å². The molecule has 2 aromatic carbocycles. The number of β-amino-alcohol motifs (C(OH)–C–C–N with tert-alkyl or cyclic N) is 1. The summed E-state index contributed by atoms with van der Waals surface area (Å²) >= 11 is 0. The van der Waals surface area contributed by atoms with E-state index in [-0.39, 0.29) is 45.2 Å². The van der Waals surface area contributed by atoms with Crippen molar-refractivity contribution in [2.24, 2.45) is 0 Å². The lowest BCUT2D eigenvalue weighted by Gasteiger charge is -2.23. The van der Waals surface area contributed by atoms with Crippen LogP contribution in [0.3, 0.4) is 0 Å². The van der Waals surface area contributed by atoms with Gasteiger partial charge in [0.25, 0.3) is 0 Å². The number of benzene rings is 2. The van der Waals surface area contributed by atoms with Gasteiger partial charge in [-0.05, 0) is 61.6 Å². The number of carbonyl (C=O) groups excluding carboxylic acids is 5. The highest BCUT2D eigenvalue weighted by atomic mass is 16.6. The summed E-state index contributed by atoms with van der Waals surface area (Å²) in [6.45, 7) is 8.37. The highest BCUT2D eigenvalue weighted by Gasteiger charge is 2.43. The first kappa shape index (κ1) is 40.7. The van der Waals surface area contributed by atoms with Crippen molar-refractivity contribution in [3.63, 3.8) is 0 Å². The van der Waals surface area contributed by atoms with Crippen LogP contribution in [0.15, 0.2) is 48.5 Å². The number of hydrogen-bond donors (Lipinski definition) is 4. The van der Waals surface area contributed by atoms with Crippen molar-refractivity contribution < 1.29 is 43.3 Å². The van der Waals surface area contributed by atoms with E-state index in [4.69, 9.17) is 14.2 Å². The van der Waals surface area contributed by atoms with Crippen molar-refractivity contribution in [3.05, 3.63) is 59.7 Å². The Morgan fingerprint density at radius 1 is 0.755 bits per heavy atom. The lowest BCUT2D eigenvalue weighted by atomic mass is 10.1. The predicted molar refractivity (Wildman–Crippen MR) is 201 cm³/mol. The van der Waals surface area contributed by atoms with Gasteiger partial charge in [0, 0.05) is 30.3 Å². The molecule has 14 heteroatoms. The molecule has 0 radical (unpaired) electrons. The number of ether oxygens (including phenoxy) is 3. The Bertz CT molecular complexity index is 1570. The Labute approximate surface area is 311 Å². The third-order valence-corrected chi connectivity index (χ3v) is 9.14. The molecule has 2 fully saturated rings. The number of alkyl carbamates (subject to hydrolysis) is 1. The van der Waals surface area contributed by atoms with Gasteiger partial charge in [0.15, 0.2) is 0 Å². The van der Waals surface area contributed by atoms with Gasteiger partial charge in [-0.1, -0.05) is 70.0 Å². The van der Waals surface area contributed by atoms with Crippen molar-refractivity contribution in [3.8, 4) is 0 Å². The molecule has 1 unspecified atom stereocenters. The van der Waals surface area contributed by atoms with Crippen molar-refractivity contribution in [2.45, 2.75) is 103 Å². The number of hydrogen-bond acceptors (Lipinski definition) is 9. The van der Waals surface area contributed by atoms with E-state index in [9.17, 15) is 29.1 Å². The summed E-state index contributed by atoms with van der Waals surface area (Å²) in [5, 5.41) is 18.6. The number of rotatable bonds is 15. The molecule has 0 bridgehead atoms. The summed E-state index contributed by atoms with van der Waals surface area (Å²) in [5.74, 6) is -0.806. The molecule has 2 aliphatic rings. The second-order valence-corrected chi connectivity index (χ2v) is 13.4. The maximum atomic E-state index is 13.4. The first-order chi connectivity index (χ1) is 25.5. The molecule has 2 aromatic rings. The summed E-state index contributed by atoms with van der Waals surface area (Å²) in [6, 6.07) is 12.6. The normalized spacial score (nSPS) is 20.2.